The van der Waals surface area contributed by atoms with Gasteiger partial charge >= 0.3 is 0 Å². The van der Waals surface area contributed by atoms with Crippen molar-refractivity contribution in [2.45, 2.75) is 26.7 Å². The Balaban J connectivity index is 1.99. The zero-order valence-corrected chi connectivity index (χ0v) is 11.5. The van der Waals surface area contributed by atoms with E-state index >= 15 is 0 Å². The third-order valence-electron chi connectivity index (χ3n) is 4.37. The molecule has 0 radical (unpaired) electrons. The molecular weight excluding hydrogens is 226 g/mol. The molecule has 2 aliphatic rings. The molecule has 0 saturated carbocycles. The Morgan fingerprint density at radius 3 is 2.44 bits per heavy atom. The van der Waals surface area contributed by atoms with Crippen molar-refractivity contribution < 1.29 is 4.74 Å². The molecule has 1 saturated heterocycles. The highest BCUT2D eigenvalue weighted by Crippen LogP contribution is 2.40. The summed E-state index contributed by atoms with van der Waals surface area (Å²) in [6, 6.07) is 0. The second-order valence-electron chi connectivity index (χ2n) is 6.21. The summed E-state index contributed by atoms with van der Waals surface area (Å²) < 4.78 is 5.38. The first-order valence-electron chi connectivity index (χ1n) is 6.79. The highest BCUT2D eigenvalue weighted by Gasteiger charge is 2.35. The van der Waals surface area contributed by atoms with Crippen LogP contribution in [0.3, 0.4) is 0 Å². The summed E-state index contributed by atoms with van der Waals surface area (Å²) in [6.45, 7) is 9.22. The first kappa shape index (κ1) is 13.6. The maximum atomic E-state index is 7.67. The first-order valence-corrected chi connectivity index (χ1v) is 6.79. The largest absolute Gasteiger partial charge is 0.387 e. The van der Waals surface area contributed by atoms with Gasteiger partial charge in [-0.05, 0) is 25.2 Å². The Morgan fingerprint density at radius 1 is 1.28 bits per heavy atom. The summed E-state index contributed by atoms with van der Waals surface area (Å²) in [5.74, 6) is 0.284. The van der Waals surface area contributed by atoms with Crippen LogP contribution in [-0.2, 0) is 4.74 Å². The second-order valence-corrected chi connectivity index (χ2v) is 6.21. The maximum Gasteiger partial charge on any atom is 0.100 e. The number of hydrogen-bond acceptors (Lipinski definition) is 3. The summed E-state index contributed by atoms with van der Waals surface area (Å²) in [6.07, 6.45) is 6.48. The monoisotopic (exact) mass is 251 g/mol. The predicted molar refractivity (Wildman–Crippen MR) is 73.8 cm³/mol. The Morgan fingerprint density at radius 2 is 1.94 bits per heavy atom. The Hall–Kier alpha value is -0.870. The molecule has 2 unspecified atom stereocenters. The topological polar surface area (TPSA) is 62.3 Å². The zero-order valence-electron chi connectivity index (χ0n) is 11.5. The molecule has 4 nitrogen and oxygen atoms in total. The number of nitrogens with zero attached hydrogens (tertiary/aromatic N) is 1. The van der Waals surface area contributed by atoms with E-state index in [-0.39, 0.29) is 16.7 Å². The summed E-state index contributed by atoms with van der Waals surface area (Å²) in [5, 5.41) is 7.67. The zero-order chi connectivity index (χ0) is 13.2. The molecule has 0 aromatic carbocycles. The maximum absolute atomic E-state index is 7.67. The quantitative estimate of drug-likeness (QED) is 0.455. The van der Waals surface area contributed by atoms with E-state index in [1.54, 1.807) is 0 Å². The van der Waals surface area contributed by atoms with E-state index in [0.717, 1.165) is 45.7 Å². The smallest absolute Gasteiger partial charge is 0.100 e. The third-order valence-corrected chi connectivity index (χ3v) is 4.37. The lowest BCUT2D eigenvalue weighted by atomic mass is 9.70. The molecule has 2 atom stereocenters. The van der Waals surface area contributed by atoms with Crippen molar-refractivity contribution >= 4 is 5.84 Å². The van der Waals surface area contributed by atoms with Crippen LogP contribution in [-0.4, -0.2) is 43.6 Å². The van der Waals surface area contributed by atoms with Crippen LogP contribution in [0.1, 0.15) is 26.7 Å². The molecule has 0 amide bonds. The molecule has 102 valence electrons. The van der Waals surface area contributed by atoms with Crippen LogP contribution < -0.4 is 5.73 Å². The number of rotatable bonds is 3. The summed E-state index contributed by atoms with van der Waals surface area (Å²) >= 11 is 0. The van der Waals surface area contributed by atoms with Crippen molar-refractivity contribution in [1.29, 1.82) is 5.41 Å². The van der Waals surface area contributed by atoms with Gasteiger partial charge in [0.15, 0.2) is 0 Å². The fourth-order valence-corrected chi connectivity index (χ4v) is 2.72. The fraction of sp³-hybridized carbons (Fsp3) is 0.786. The molecule has 1 heterocycles. The first-order chi connectivity index (χ1) is 8.44. The molecular formula is C14H25N3O. The fourth-order valence-electron chi connectivity index (χ4n) is 2.72. The summed E-state index contributed by atoms with van der Waals surface area (Å²) in [5.41, 5.74) is 5.66. The van der Waals surface area contributed by atoms with Gasteiger partial charge < -0.3 is 10.5 Å². The van der Waals surface area contributed by atoms with Gasteiger partial charge in [0.25, 0.3) is 0 Å². The van der Waals surface area contributed by atoms with Crippen molar-refractivity contribution in [2.24, 2.45) is 16.6 Å². The Labute approximate surface area is 110 Å². The number of nitrogens with two attached hydrogens (primary N) is 1. The number of hydrogen-bond donors (Lipinski definition) is 2. The molecule has 18 heavy (non-hydrogen) atoms. The van der Waals surface area contributed by atoms with E-state index in [4.69, 9.17) is 15.9 Å². The minimum absolute atomic E-state index is 0.215. The number of nitrogens with one attached hydrogen (secondary N) is 1. The standard InChI is InChI=1S/C14H25N3O/c1-13(11-17-7-9-18-10-8-17)3-5-14(2,6-4-13)12(15)16/h3,5H,4,6-11H2,1-2H3,(H3,15,16). The molecule has 1 aliphatic carbocycles. The van der Waals surface area contributed by atoms with Crippen LogP contribution >= 0.6 is 0 Å². The van der Waals surface area contributed by atoms with Gasteiger partial charge in [-0.25, -0.2) is 0 Å². The number of ether oxygens (including phenoxy) is 1. The van der Waals surface area contributed by atoms with E-state index in [0.29, 0.717) is 0 Å². The minimum atomic E-state index is -0.232. The highest BCUT2D eigenvalue weighted by molar-refractivity contribution is 5.85. The highest BCUT2D eigenvalue weighted by atomic mass is 16.5. The Bertz CT molecular complexity index is 349. The average Bonchev–Trinajstić information content (AvgIpc) is 2.35. The van der Waals surface area contributed by atoms with Gasteiger partial charge in [-0.3, -0.25) is 10.3 Å². The lowest BCUT2D eigenvalue weighted by Gasteiger charge is -2.41. The second kappa shape index (κ2) is 5.02. The summed E-state index contributed by atoms with van der Waals surface area (Å²) in [4.78, 5) is 2.48. The van der Waals surface area contributed by atoms with Crippen molar-refractivity contribution in [3.8, 4) is 0 Å². The van der Waals surface area contributed by atoms with Crippen LogP contribution in [0, 0.1) is 16.2 Å². The van der Waals surface area contributed by atoms with Crippen LogP contribution in [0.15, 0.2) is 12.2 Å². The molecule has 0 aromatic rings. The van der Waals surface area contributed by atoms with E-state index in [2.05, 4.69) is 30.9 Å². The SMILES string of the molecule is CC1(CN2CCOCC2)C=CC(C)(C(=N)N)CC1. The van der Waals surface area contributed by atoms with Crippen molar-refractivity contribution in [3.63, 3.8) is 0 Å². The molecule has 3 N–H and O–H groups in total. The van der Waals surface area contributed by atoms with Crippen molar-refractivity contribution in [1.82, 2.24) is 4.90 Å². The van der Waals surface area contributed by atoms with Gasteiger partial charge in [0.05, 0.1) is 13.2 Å². The van der Waals surface area contributed by atoms with E-state index < -0.39 is 0 Å². The van der Waals surface area contributed by atoms with Gasteiger partial charge in [-0.2, -0.15) is 0 Å². The van der Waals surface area contributed by atoms with Crippen molar-refractivity contribution in [2.75, 3.05) is 32.8 Å². The normalized spacial score (nSPS) is 37.7. The van der Waals surface area contributed by atoms with E-state index in [9.17, 15) is 0 Å². The average molecular weight is 251 g/mol. The number of amidine groups is 1. The molecule has 2 rings (SSSR count). The van der Waals surface area contributed by atoms with Gasteiger partial charge in [-0.15, -0.1) is 0 Å². The number of morpholine rings is 1. The van der Waals surface area contributed by atoms with Crippen LogP contribution in [0.2, 0.25) is 0 Å². The van der Waals surface area contributed by atoms with Gasteiger partial charge in [0.1, 0.15) is 5.84 Å². The van der Waals surface area contributed by atoms with Crippen LogP contribution in [0.5, 0.6) is 0 Å². The van der Waals surface area contributed by atoms with Crippen LogP contribution in [0.25, 0.3) is 0 Å². The van der Waals surface area contributed by atoms with Crippen LogP contribution in [0.4, 0.5) is 0 Å². The predicted octanol–water partition coefficient (Wildman–Crippen LogP) is 1.62. The molecule has 4 heteroatoms. The van der Waals surface area contributed by atoms with Crippen molar-refractivity contribution in [3.05, 3.63) is 12.2 Å². The molecule has 0 aromatic heterocycles. The van der Waals surface area contributed by atoms with Gasteiger partial charge in [0.2, 0.25) is 0 Å². The third kappa shape index (κ3) is 2.93. The van der Waals surface area contributed by atoms with E-state index in [1.165, 1.54) is 0 Å². The molecule has 1 fully saturated rings. The lowest BCUT2D eigenvalue weighted by Crippen LogP contribution is -2.44. The van der Waals surface area contributed by atoms with Gasteiger partial charge in [0, 0.05) is 25.0 Å². The lowest BCUT2D eigenvalue weighted by molar-refractivity contribution is 0.0222. The molecule has 1 aliphatic heterocycles. The minimum Gasteiger partial charge on any atom is -0.387 e. The van der Waals surface area contributed by atoms with E-state index in [1.807, 2.05) is 0 Å². The van der Waals surface area contributed by atoms with Gasteiger partial charge in [-0.1, -0.05) is 19.1 Å². The molecule has 0 spiro atoms. The summed E-state index contributed by atoms with van der Waals surface area (Å²) in [7, 11) is 0. The molecule has 0 bridgehead atoms. The Kier molecular flexibility index (Phi) is 3.78.